The largest absolute Gasteiger partial charge is 0.497 e. The summed E-state index contributed by atoms with van der Waals surface area (Å²) < 4.78 is 16.7. The second kappa shape index (κ2) is 10.5. The number of ketones is 1. The molecule has 0 N–H and O–H groups in total. The highest BCUT2D eigenvalue weighted by Gasteiger charge is 2.26. The molecule has 1 aliphatic carbocycles. The third-order valence-electron chi connectivity index (χ3n) is 6.56. The third-order valence-corrected chi connectivity index (χ3v) is 6.56. The second-order valence-corrected chi connectivity index (χ2v) is 8.73. The lowest BCUT2D eigenvalue weighted by atomic mass is 9.79. The van der Waals surface area contributed by atoms with Crippen molar-refractivity contribution in [3.8, 4) is 17.2 Å². The summed E-state index contributed by atoms with van der Waals surface area (Å²) >= 11 is 0. The van der Waals surface area contributed by atoms with Crippen LogP contribution < -0.4 is 14.2 Å². The average molecular weight is 477 g/mol. The summed E-state index contributed by atoms with van der Waals surface area (Å²) in [4.78, 5) is 14.0. The van der Waals surface area contributed by atoms with Crippen LogP contribution in [0.5, 0.6) is 17.2 Å². The van der Waals surface area contributed by atoms with Crippen molar-refractivity contribution in [1.82, 2.24) is 0 Å². The Hall–Kier alpha value is -4.31. The maximum Gasteiger partial charge on any atom is 0.193 e. The van der Waals surface area contributed by atoms with E-state index < -0.39 is 0 Å². The molecular weight excluding hydrogens is 448 g/mol. The van der Waals surface area contributed by atoms with E-state index in [1.165, 1.54) is 0 Å². The molecule has 5 rings (SSSR count). The van der Waals surface area contributed by atoms with Crippen molar-refractivity contribution in [3.63, 3.8) is 0 Å². The van der Waals surface area contributed by atoms with Crippen LogP contribution >= 0.6 is 0 Å². The SMILES string of the molecule is COc1ccc(C2=C(C(=O)c3ccc(OCc4ccccc4)cc3)c3ccc(OC)cc3CC2)cc1. The van der Waals surface area contributed by atoms with E-state index >= 15 is 0 Å². The van der Waals surface area contributed by atoms with Crippen molar-refractivity contribution in [1.29, 1.82) is 0 Å². The van der Waals surface area contributed by atoms with E-state index in [-0.39, 0.29) is 5.78 Å². The number of rotatable bonds is 8. The minimum atomic E-state index is 0.00143. The van der Waals surface area contributed by atoms with Crippen LogP contribution in [0.3, 0.4) is 0 Å². The lowest BCUT2D eigenvalue weighted by molar-refractivity contribution is 0.105. The van der Waals surface area contributed by atoms with Crippen molar-refractivity contribution in [2.75, 3.05) is 14.2 Å². The predicted molar refractivity (Wildman–Crippen MR) is 143 cm³/mol. The molecule has 0 amide bonds. The number of methoxy groups -OCH3 is 2. The molecule has 4 aromatic rings. The van der Waals surface area contributed by atoms with Crippen LogP contribution in [0.15, 0.2) is 97.1 Å². The summed E-state index contributed by atoms with van der Waals surface area (Å²) in [5.41, 5.74) is 6.63. The van der Waals surface area contributed by atoms with Crippen LogP contribution in [0.25, 0.3) is 11.1 Å². The molecule has 1 aliphatic rings. The Labute approximate surface area is 211 Å². The van der Waals surface area contributed by atoms with Gasteiger partial charge in [0.2, 0.25) is 0 Å². The van der Waals surface area contributed by atoms with Crippen molar-refractivity contribution < 1.29 is 19.0 Å². The van der Waals surface area contributed by atoms with Gasteiger partial charge in [-0.2, -0.15) is 0 Å². The van der Waals surface area contributed by atoms with Crippen molar-refractivity contribution >= 4 is 16.9 Å². The van der Waals surface area contributed by atoms with Gasteiger partial charge in [-0.25, -0.2) is 0 Å². The van der Waals surface area contributed by atoms with Gasteiger partial charge in [0.05, 0.1) is 14.2 Å². The molecule has 0 radical (unpaired) electrons. The maximum atomic E-state index is 14.0. The minimum absolute atomic E-state index is 0.00143. The number of allylic oxidation sites excluding steroid dienone is 2. The van der Waals surface area contributed by atoms with E-state index in [2.05, 4.69) is 0 Å². The summed E-state index contributed by atoms with van der Waals surface area (Å²) in [6, 6.07) is 31.3. The number of carbonyl (C=O) groups is 1. The van der Waals surface area contributed by atoms with Crippen LogP contribution in [-0.4, -0.2) is 20.0 Å². The first kappa shape index (κ1) is 23.4. The molecule has 0 bridgehead atoms. The topological polar surface area (TPSA) is 44.8 Å². The Balaban J connectivity index is 1.49. The Kier molecular flexibility index (Phi) is 6.85. The molecule has 36 heavy (non-hydrogen) atoms. The molecule has 0 unspecified atom stereocenters. The first-order chi connectivity index (χ1) is 17.7. The number of fused-ring (bicyclic) bond motifs is 1. The van der Waals surface area contributed by atoms with Gasteiger partial charge in [0.15, 0.2) is 5.78 Å². The molecule has 0 saturated carbocycles. The van der Waals surface area contributed by atoms with E-state index in [4.69, 9.17) is 14.2 Å². The van der Waals surface area contributed by atoms with Crippen LogP contribution in [0.1, 0.15) is 39.0 Å². The van der Waals surface area contributed by atoms with Crippen LogP contribution in [0, 0.1) is 0 Å². The Bertz CT molecular complexity index is 1380. The molecule has 4 aromatic carbocycles. The molecule has 0 fully saturated rings. The third kappa shape index (κ3) is 4.89. The van der Waals surface area contributed by atoms with Crippen LogP contribution in [0.4, 0.5) is 0 Å². The first-order valence-electron chi connectivity index (χ1n) is 12.0. The molecule has 4 nitrogen and oxygen atoms in total. The predicted octanol–water partition coefficient (Wildman–Crippen LogP) is 7.02. The van der Waals surface area contributed by atoms with Gasteiger partial charge in [0, 0.05) is 11.1 Å². The number of carbonyl (C=O) groups excluding carboxylic acids is 1. The highest BCUT2D eigenvalue weighted by molar-refractivity contribution is 6.35. The Morgan fingerprint density at radius 2 is 1.39 bits per heavy atom. The molecule has 0 aliphatic heterocycles. The Morgan fingerprint density at radius 1 is 0.722 bits per heavy atom. The van der Waals surface area contributed by atoms with Gasteiger partial charge >= 0.3 is 0 Å². The zero-order valence-electron chi connectivity index (χ0n) is 20.5. The average Bonchev–Trinajstić information content (AvgIpc) is 2.95. The van der Waals surface area contributed by atoms with Crippen molar-refractivity contribution in [2.45, 2.75) is 19.4 Å². The van der Waals surface area contributed by atoms with E-state index in [1.54, 1.807) is 14.2 Å². The van der Waals surface area contributed by atoms with Gasteiger partial charge in [-0.1, -0.05) is 48.5 Å². The quantitative estimate of drug-likeness (QED) is 0.256. The van der Waals surface area contributed by atoms with E-state index in [0.717, 1.165) is 63.5 Å². The molecule has 180 valence electrons. The molecule has 0 heterocycles. The fourth-order valence-electron chi connectivity index (χ4n) is 4.62. The highest BCUT2D eigenvalue weighted by Crippen LogP contribution is 2.40. The van der Waals surface area contributed by atoms with E-state index in [1.807, 2.05) is 97.1 Å². The number of hydrogen-bond donors (Lipinski definition) is 0. The van der Waals surface area contributed by atoms with Gasteiger partial charge in [0.25, 0.3) is 0 Å². The zero-order valence-corrected chi connectivity index (χ0v) is 20.5. The van der Waals surface area contributed by atoms with Gasteiger partial charge in [0.1, 0.15) is 23.9 Å². The summed E-state index contributed by atoms with van der Waals surface area (Å²) in [5, 5.41) is 0. The molecule has 0 atom stereocenters. The fraction of sp³-hybridized carbons (Fsp3) is 0.156. The molecule has 0 spiro atoms. The number of Topliss-reactive ketones (excluding diaryl/α,β-unsaturated/α-hetero) is 1. The molecule has 0 aromatic heterocycles. The number of aryl methyl sites for hydroxylation is 1. The minimum Gasteiger partial charge on any atom is -0.497 e. The van der Waals surface area contributed by atoms with E-state index in [0.29, 0.717) is 12.2 Å². The highest BCUT2D eigenvalue weighted by atomic mass is 16.5. The van der Waals surface area contributed by atoms with Gasteiger partial charge in [-0.05, 0) is 89.2 Å². The molecular formula is C32H28O4. The lowest BCUT2D eigenvalue weighted by Crippen LogP contribution is -2.13. The zero-order chi connectivity index (χ0) is 24.9. The summed E-state index contributed by atoms with van der Waals surface area (Å²) in [7, 11) is 3.32. The van der Waals surface area contributed by atoms with Crippen molar-refractivity contribution in [3.05, 3.63) is 125 Å². The molecule has 0 saturated heterocycles. The van der Waals surface area contributed by atoms with Crippen LogP contribution in [0.2, 0.25) is 0 Å². The Morgan fingerprint density at radius 3 is 2.08 bits per heavy atom. The normalized spacial score (nSPS) is 12.6. The summed E-state index contributed by atoms with van der Waals surface area (Å²) in [6.07, 6.45) is 1.61. The first-order valence-corrected chi connectivity index (χ1v) is 12.0. The monoisotopic (exact) mass is 476 g/mol. The molecule has 4 heteroatoms. The van der Waals surface area contributed by atoms with Gasteiger partial charge in [-0.15, -0.1) is 0 Å². The summed E-state index contributed by atoms with van der Waals surface area (Å²) in [6.45, 7) is 0.482. The number of benzene rings is 4. The second-order valence-electron chi connectivity index (χ2n) is 8.73. The summed E-state index contributed by atoms with van der Waals surface area (Å²) in [5.74, 6) is 2.32. The smallest absolute Gasteiger partial charge is 0.193 e. The van der Waals surface area contributed by atoms with E-state index in [9.17, 15) is 4.79 Å². The van der Waals surface area contributed by atoms with Crippen LogP contribution in [-0.2, 0) is 13.0 Å². The van der Waals surface area contributed by atoms with Gasteiger partial charge < -0.3 is 14.2 Å². The number of hydrogen-bond acceptors (Lipinski definition) is 4. The maximum absolute atomic E-state index is 14.0. The lowest BCUT2D eigenvalue weighted by Gasteiger charge is -2.24. The number of ether oxygens (including phenoxy) is 3. The van der Waals surface area contributed by atoms with Crippen molar-refractivity contribution in [2.24, 2.45) is 0 Å². The van der Waals surface area contributed by atoms with Gasteiger partial charge in [-0.3, -0.25) is 4.79 Å². The fourth-order valence-corrected chi connectivity index (χ4v) is 4.62. The standard InChI is InChI=1S/C32H28O4/c1-34-26-13-8-23(9-14-26)29-18-12-25-20-28(35-2)17-19-30(25)31(29)32(33)24-10-15-27(16-11-24)36-21-22-6-4-3-5-7-22/h3-11,13-17,19-20H,12,18,21H2,1-2H3.